The Morgan fingerprint density at radius 1 is 1.07 bits per heavy atom. The van der Waals surface area contributed by atoms with Crippen molar-refractivity contribution < 1.29 is 14.3 Å². The lowest BCUT2D eigenvalue weighted by molar-refractivity contribution is -0.126. The number of nitrogens with zero attached hydrogens (tertiary/aromatic N) is 3. The largest absolute Gasteiger partial charge is 0.493 e. The molecule has 0 aliphatic carbocycles. The topological polar surface area (TPSA) is 76.6 Å². The minimum absolute atomic E-state index is 0.000231. The first-order valence-electron chi connectivity index (χ1n) is 10.0. The highest BCUT2D eigenvalue weighted by Crippen LogP contribution is 2.30. The molecule has 2 heterocycles. The molecule has 1 aromatic heterocycles. The fourth-order valence-electron chi connectivity index (χ4n) is 3.73. The molecule has 1 atom stereocenters. The monoisotopic (exact) mass is 398 g/mol. The number of nitrogens with one attached hydrogen (secondary N) is 1. The molecule has 1 aliphatic rings. The summed E-state index contributed by atoms with van der Waals surface area (Å²) in [4.78, 5) is 24.0. The third kappa shape index (κ3) is 4.96. The van der Waals surface area contributed by atoms with E-state index in [0.29, 0.717) is 11.5 Å². The number of hydrogen-bond donors (Lipinski definition) is 1. The Morgan fingerprint density at radius 3 is 2.28 bits per heavy atom. The minimum Gasteiger partial charge on any atom is -0.493 e. The number of anilines is 1. The first-order chi connectivity index (χ1) is 13.9. The van der Waals surface area contributed by atoms with Crippen LogP contribution >= 0.6 is 0 Å². The number of hydrogen-bond acceptors (Lipinski definition) is 6. The van der Waals surface area contributed by atoms with E-state index in [2.05, 4.69) is 20.2 Å². The molecule has 1 amide bonds. The van der Waals surface area contributed by atoms with Crippen LogP contribution in [0.4, 0.5) is 5.95 Å². The molecule has 3 rings (SSSR count). The van der Waals surface area contributed by atoms with Crippen LogP contribution in [-0.4, -0.2) is 43.2 Å². The van der Waals surface area contributed by atoms with Gasteiger partial charge in [0.2, 0.25) is 11.9 Å². The van der Waals surface area contributed by atoms with Gasteiger partial charge in [0.05, 0.1) is 20.3 Å². The molecule has 1 unspecified atom stereocenters. The average Bonchev–Trinajstić information content (AvgIpc) is 2.72. The summed E-state index contributed by atoms with van der Waals surface area (Å²) in [5.74, 6) is 2.19. The summed E-state index contributed by atoms with van der Waals surface area (Å²) in [6.45, 7) is 7.51. The standard InChI is InChI=1S/C22H30N4O3/c1-14-12-15(2)24-22(23-14)26-10-8-17(9-11-26)21(27)25-16(3)18-6-7-19(28-4)20(13-18)29-5/h6-7,12-13,16-17H,8-11H2,1-5H3,(H,25,27). The Balaban J connectivity index is 1.58. The zero-order valence-electron chi connectivity index (χ0n) is 17.9. The van der Waals surface area contributed by atoms with E-state index >= 15 is 0 Å². The lowest BCUT2D eigenvalue weighted by atomic mass is 9.95. The Hall–Kier alpha value is -2.83. The molecule has 1 saturated heterocycles. The number of aromatic nitrogens is 2. The van der Waals surface area contributed by atoms with E-state index in [4.69, 9.17) is 9.47 Å². The molecule has 0 radical (unpaired) electrons. The maximum Gasteiger partial charge on any atom is 0.225 e. The number of carbonyl (C=O) groups is 1. The molecular formula is C22H30N4O3. The van der Waals surface area contributed by atoms with Crippen LogP contribution in [0.3, 0.4) is 0 Å². The van der Waals surface area contributed by atoms with Gasteiger partial charge in [-0.3, -0.25) is 4.79 Å². The second-order valence-electron chi connectivity index (χ2n) is 7.56. The number of rotatable bonds is 6. The summed E-state index contributed by atoms with van der Waals surface area (Å²) in [5.41, 5.74) is 2.92. The minimum atomic E-state index is -0.108. The number of piperidine rings is 1. The smallest absolute Gasteiger partial charge is 0.225 e. The van der Waals surface area contributed by atoms with Gasteiger partial charge < -0.3 is 19.7 Å². The predicted molar refractivity (Wildman–Crippen MR) is 113 cm³/mol. The van der Waals surface area contributed by atoms with Crippen molar-refractivity contribution in [3.8, 4) is 11.5 Å². The van der Waals surface area contributed by atoms with E-state index in [0.717, 1.165) is 48.8 Å². The Kier molecular flexibility index (Phi) is 6.56. The molecule has 156 valence electrons. The van der Waals surface area contributed by atoms with E-state index in [9.17, 15) is 4.79 Å². The molecule has 2 aromatic rings. The molecule has 1 fully saturated rings. The van der Waals surface area contributed by atoms with Gasteiger partial charge >= 0.3 is 0 Å². The highest BCUT2D eigenvalue weighted by Gasteiger charge is 2.27. The number of methoxy groups -OCH3 is 2. The van der Waals surface area contributed by atoms with Crippen molar-refractivity contribution in [2.75, 3.05) is 32.2 Å². The van der Waals surface area contributed by atoms with E-state index in [1.54, 1.807) is 14.2 Å². The van der Waals surface area contributed by atoms with Crippen LogP contribution in [0.2, 0.25) is 0 Å². The van der Waals surface area contributed by atoms with Crippen LogP contribution in [0, 0.1) is 19.8 Å². The third-order valence-electron chi connectivity index (χ3n) is 5.39. The van der Waals surface area contributed by atoms with Gasteiger partial charge in [0.25, 0.3) is 0 Å². The van der Waals surface area contributed by atoms with Gasteiger partial charge in [-0.1, -0.05) is 6.07 Å². The van der Waals surface area contributed by atoms with Crippen LogP contribution in [0.5, 0.6) is 11.5 Å². The number of aryl methyl sites for hydroxylation is 2. The van der Waals surface area contributed by atoms with E-state index in [1.807, 2.05) is 45.0 Å². The number of benzene rings is 1. The Bertz CT molecular complexity index is 843. The second-order valence-corrected chi connectivity index (χ2v) is 7.56. The molecule has 1 aliphatic heterocycles. The zero-order chi connectivity index (χ0) is 21.0. The molecule has 7 nitrogen and oxygen atoms in total. The molecule has 0 bridgehead atoms. The highest BCUT2D eigenvalue weighted by atomic mass is 16.5. The maximum absolute atomic E-state index is 12.8. The molecule has 1 N–H and O–H groups in total. The van der Waals surface area contributed by atoms with Gasteiger partial charge in [0.1, 0.15) is 0 Å². The first kappa shape index (κ1) is 20.9. The Labute approximate surface area is 172 Å². The van der Waals surface area contributed by atoms with Gasteiger partial charge in [-0.15, -0.1) is 0 Å². The van der Waals surface area contributed by atoms with Crippen LogP contribution < -0.4 is 19.7 Å². The third-order valence-corrected chi connectivity index (χ3v) is 5.39. The fourth-order valence-corrected chi connectivity index (χ4v) is 3.73. The maximum atomic E-state index is 12.8. The van der Waals surface area contributed by atoms with Crippen LogP contribution in [0.15, 0.2) is 24.3 Å². The second kappa shape index (κ2) is 9.11. The summed E-state index contributed by atoms with van der Waals surface area (Å²) >= 11 is 0. The summed E-state index contributed by atoms with van der Waals surface area (Å²) < 4.78 is 10.6. The highest BCUT2D eigenvalue weighted by molar-refractivity contribution is 5.79. The SMILES string of the molecule is COc1ccc(C(C)NC(=O)C2CCN(c3nc(C)cc(C)n3)CC2)cc1OC. The zero-order valence-corrected chi connectivity index (χ0v) is 17.9. The van der Waals surface area contributed by atoms with Crippen LogP contribution in [0.25, 0.3) is 0 Å². The van der Waals surface area contributed by atoms with Crippen molar-refractivity contribution in [2.45, 2.75) is 39.7 Å². The molecule has 29 heavy (non-hydrogen) atoms. The van der Waals surface area contributed by atoms with Crippen molar-refractivity contribution in [3.05, 3.63) is 41.2 Å². The summed E-state index contributed by atoms with van der Waals surface area (Å²) in [6, 6.07) is 7.58. The lowest BCUT2D eigenvalue weighted by Crippen LogP contribution is -2.41. The predicted octanol–water partition coefficient (Wildman–Crippen LogP) is 3.20. The molecular weight excluding hydrogens is 368 g/mol. The van der Waals surface area contributed by atoms with Crippen molar-refractivity contribution >= 4 is 11.9 Å². The van der Waals surface area contributed by atoms with Crippen LogP contribution in [0.1, 0.15) is 42.8 Å². The van der Waals surface area contributed by atoms with E-state index in [1.165, 1.54) is 0 Å². The lowest BCUT2D eigenvalue weighted by Gasteiger charge is -2.32. The van der Waals surface area contributed by atoms with Gasteiger partial charge in [0, 0.05) is 30.4 Å². The van der Waals surface area contributed by atoms with E-state index < -0.39 is 0 Å². The van der Waals surface area contributed by atoms with Crippen molar-refractivity contribution in [1.29, 1.82) is 0 Å². The first-order valence-corrected chi connectivity index (χ1v) is 10.0. The molecule has 0 saturated carbocycles. The fraction of sp³-hybridized carbons (Fsp3) is 0.500. The average molecular weight is 399 g/mol. The van der Waals surface area contributed by atoms with E-state index in [-0.39, 0.29) is 17.9 Å². The van der Waals surface area contributed by atoms with Crippen LogP contribution in [-0.2, 0) is 4.79 Å². The van der Waals surface area contributed by atoms with Gasteiger partial charge in [-0.05, 0) is 57.4 Å². The number of amides is 1. The molecule has 0 spiro atoms. The van der Waals surface area contributed by atoms with Gasteiger partial charge in [-0.2, -0.15) is 0 Å². The van der Waals surface area contributed by atoms with Gasteiger partial charge in [-0.25, -0.2) is 9.97 Å². The summed E-state index contributed by atoms with van der Waals surface area (Å²) in [6.07, 6.45) is 1.58. The van der Waals surface area contributed by atoms with Crippen molar-refractivity contribution in [2.24, 2.45) is 5.92 Å². The molecule has 7 heteroatoms. The Morgan fingerprint density at radius 2 is 1.69 bits per heavy atom. The van der Waals surface area contributed by atoms with Crippen molar-refractivity contribution in [3.63, 3.8) is 0 Å². The van der Waals surface area contributed by atoms with Gasteiger partial charge in [0.15, 0.2) is 11.5 Å². The normalized spacial score (nSPS) is 15.7. The quantitative estimate of drug-likeness (QED) is 0.805. The van der Waals surface area contributed by atoms with Crippen molar-refractivity contribution in [1.82, 2.24) is 15.3 Å². The number of carbonyl (C=O) groups excluding carboxylic acids is 1. The molecule has 1 aromatic carbocycles. The number of ether oxygens (including phenoxy) is 2. The summed E-state index contributed by atoms with van der Waals surface area (Å²) in [5, 5.41) is 3.14. The summed E-state index contributed by atoms with van der Waals surface area (Å²) in [7, 11) is 3.22.